The standard InChI is InChI=1S/C28H32N2O5/c31-24(30-28(25(32)33)15-7-8-16-28)27(13-5-6-14-27)18-29-26(34)35-17-23-21-11-3-1-9-19(21)20-10-2-4-12-22(20)23/h1-4,9-12,23H,5-8,13-18H2,(H,29,34)(H,30,31)(H,32,33). The number of alkyl carbamates (subject to hydrolysis) is 1. The highest BCUT2D eigenvalue weighted by molar-refractivity contribution is 5.91. The number of ether oxygens (including phenoxy) is 1. The van der Waals surface area contributed by atoms with Gasteiger partial charge in [-0.25, -0.2) is 9.59 Å². The van der Waals surface area contributed by atoms with E-state index in [9.17, 15) is 19.5 Å². The first-order valence-electron chi connectivity index (χ1n) is 12.6. The molecule has 0 aliphatic heterocycles. The molecule has 7 heteroatoms. The van der Waals surface area contributed by atoms with E-state index in [1.165, 1.54) is 0 Å². The molecule has 3 aliphatic rings. The van der Waals surface area contributed by atoms with Crippen LogP contribution in [0.5, 0.6) is 0 Å². The van der Waals surface area contributed by atoms with Crippen LogP contribution in [0.25, 0.3) is 11.1 Å². The molecule has 0 radical (unpaired) electrons. The van der Waals surface area contributed by atoms with E-state index >= 15 is 0 Å². The minimum atomic E-state index is -1.18. The Balaban J connectivity index is 1.22. The van der Waals surface area contributed by atoms with Gasteiger partial charge in [-0.05, 0) is 47.9 Å². The fourth-order valence-electron chi connectivity index (χ4n) is 6.15. The Kier molecular flexibility index (Phi) is 6.26. The predicted molar refractivity (Wildman–Crippen MR) is 131 cm³/mol. The Hall–Kier alpha value is -3.35. The fraction of sp³-hybridized carbons (Fsp3) is 0.464. The van der Waals surface area contributed by atoms with Gasteiger partial charge < -0.3 is 20.5 Å². The number of carbonyl (C=O) groups is 3. The summed E-state index contributed by atoms with van der Waals surface area (Å²) < 4.78 is 5.64. The molecule has 2 fully saturated rings. The molecular weight excluding hydrogens is 444 g/mol. The zero-order valence-corrected chi connectivity index (χ0v) is 19.8. The van der Waals surface area contributed by atoms with Crippen LogP contribution in [0.15, 0.2) is 48.5 Å². The molecule has 2 amide bonds. The molecule has 0 aromatic heterocycles. The number of rotatable bonds is 7. The van der Waals surface area contributed by atoms with E-state index in [0.29, 0.717) is 25.7 Å². The van der Waals surface area contributed by atoms with Gasteiger partial charge in [0.15, 0.2) is 0 Å². The molecule has 184 valence electrons. The molecule has 7 nitrogen and oxygen atoms in total. The zero-order valence-electron chi connectivity index (χ0n) is 19.8. The number of carbonyl (C=O) groups excluding carboxylic acids is 2. The third-order valence-corrected chi connectivity index (χ3v) is 8.18. The van der Waals surface area contributed by atoms with Gasteiger partial charge in [0.05, 0.1) is 5.41 Å². The lowest BCUT2D eigenvalue weighted by atomic mass is 9.83. The first-order chi connectivity index (χ1) is 16.9. The number of amides is 2. The maximum atomic E-state index is 13.3. The van der Waals surface area contributed by atoms with Gasteiger partial charge >= 0.3 is 12.1 Å². The number of aliphatic carboxylic acids is 1. The number of fused-ring (bicyclic) bond motifs is 3. The summed E-state index contributed by atoms with van der Waals surface area (Å²) in [5.41, 5.74) is 2.64. The predicted octanol–water partition coefficient (Wildman–Crippen LogP) is 4.60. The van der Waals surface area contributed by atoms with Gasteiger partial charge in [0, 0.05) is 12.5 Å². The average Bonchev–Trinajstić information content (AvgIpc) is 3.60. The van der Waals surface area contributed by atoms with Crippen molar-refractivity contribution in [3.05, 3.63) is 59.7 Å². The van der Waals surface area contributed by atoms with Crippen molar-refractivity contribution in [2.75, 3.05) is 13.2 Å². The fourth-order valence-corrected chi connectivity index (χ4v) is 6.15. The summed E-state index contributed by atoms with van der Waals surface area (Å²) >= 11 is 0. The molecule has 2 saturated carbocycles. The molecular formula is C28H32N2O5. The lowest BCUT2D eigenvalue weighted by molar-refractivity contribution is -0.149. The Morgan fingerprint density at radius 3 is 1.97 bits per heavy atom. The van der Waals surface area contributed by atoms with Crippen LogP contribution in [0.1, 0.15) is 68.4 Å². The summed E-state index contributed by atoms with van der Waals surface area (Å²) in [6.45, 7) is 0.354. The van der Waals surface area contributed by atoms with Gasteiger partial charge in [-0.1, -0.05) is 74.2 Å². The molecule has 2 aromatic carbocycles. The normalized spacial score (nSPS) is 19.5. The third kappa shape index (κ3) is 4.28. The molecule has 3 N–H and O–H groups in total. The third-order valence-electron chi connectivity index (χ3n) is 8.18. The second-order valence-electron chi connectivity index (χ2n) is 10.2. The molecule has 0 unspecified atom stereocenters. The van der Waals surface area contributed by atoms with Crippen molar-refractivity contribution in [2.45, 2.75) is 62.8 Å². The minimum Gasteiger partial charge on any atom is -0.480 e. The highest BCUT2D eigenvalue weighted by Gasteiger charge is 2.48. The number of carboxylic acids is 1. The van der Waals surface area contributed by atoms with E-state index in [4.69, 9.17) is 4.74 Å². The van der Waals surface area contributed by atoms with Crippen LogP contribution in [-0.4, -0.2) is 41.8 Å². The van der Waals surface area contributed by atoms with Crippen molar-refractivity contribution in [3.63, 3.8) is 0 Å². The minimum absolute atomic E-state index is 0.0327. The van der Waals surface area contributed by atoms with E-state index in [1.54, 1.807) is 0 Å². The van der Waals surface area contributed by atoms with Crippen molar-refractivity contribution in [1.82, 2.24) is 10.6 Å². The number of hydrogen-bond acceptors (Lipinski definition) is 4. The lowest BCUT2D eigenvalue weighted by Crippen LogP contribution is -2.58. The van der Waals surface area contributed by atoms with Gasteiger partial charge in [0.2, 0.25) is 5.91 Å². The zero-order chi connectivity index (χ0) is 24.5. The van der Waals surface area contributed by atoms with Crippen molar-refractivity contribution < 1.29 is 24.2 Å². The summed E-state index contributed by atoms with van der Waals surface area (Å²) in [5.74, 6) is -1.27. The highest BCUT2D eigenvalue weighted by Crippen LogP contribution is 2.44. The quantitative estimate of drug-likeness (QED) is 0.542. The molecule has 2 aromatic rings. The van der Waals surface area contributed by atoms with Crippen LogP contribution in [0.3, 0.4) is 0 Å². The summed E-state index contributed by atoms with van der Waals surface area (Å²) in [5, 5.41) is 15.4. The van der Waals surface area contributed by atoms with E-state index < -0.39 is 23.0 Å². The molecule has 0 atom stereocenters. The van der Waals surface area contributed by atoms with E-state index in [0.717, 1.165) is 47.9 Å². The van der Waals surface area contributed by atoms with E-state index in [1.807, 2.05) is 24.3 Å². The van der Waals surface area contributed by atoms with Crippen molar-refractivity contribution in [1.29, 1.82) is 0 Å². The first kappa shape index (κ1) is 23.4. The summed E-state index contributed by atoms with van der Waals surface area (Å²) in [6, 6.07) is 16.3. The van der Waals surface area contributed by atoms with Crippen LogP contribution >= 0.6 is 0 Å². The number of benzene rings is 2. The maximum absolute atomic E-state index is 13.3. The number of carboxylic acid groups (broad SMARTS) is 1. The van der Waals surface area contributed by atoms with Crippen LogP contribution in [0.2, 0.25) is 0 Å². The summed E-state index contributed by atoms with van der Waals surface area (Å²) in [4.78, 5) is 37.9. The van der Waals surface area contributed by atoms with E-state index in [2.05, 4.69) is 34.9 Å². The van der Waals surface area contributed by atoms with Crippen LogP contribution in [0, 0.1) is 5.41 Å². The molecule has 0 bridgehead atoms. The van der Waals surface area contributed by atoms with Crippen molar-refractivity contribution >= 4 is 18.0 Å². The second kappa shape index (κ2) is 9.36. The van der Waals surface area contributed by atoms with Crippen molar-refractivity contribution in [2.24, 2.45) is 5.41 Å². The number of nitrogens with one attached hydrogen (secondary N) is 2. The Morgan fingerprint density at radius 2 is 1.40 bits per heavy atom. The van der Waals surface area contributed by atoms with Gasteiger partial charge in [-0.15, -0.1) is 0 Å². The van der Waals surface area contributed by atoms with Gasteiger partial charge in [0.1, 0.15) is 12.1 Å². The molecule has 5 rings (SSSR count). The van der Waals surface area contributed by atoms with Gasteiger partial charge in [-0.3, -0.25) is 4.79 Å². The maximum Gasteiger partial charge on any atom is 0.407 e. The highest BCUT2D eigenvalue weighted by atomic mass is 16.5. The van der Waals surface area contributed by atoms with Gasteiger partial charge in [-0.2, -0.15) is 0 Å². The second-order valence-corrected chi connectivity index (χ2v) is 10.2. The molecule has 0 spiro atoms. The topological polar surface area (TPSA) is 105 Å². The first-order valence-corrected chi connectivity index (χ1v) is 12.6. The van der Waals surface area contributed by atoms with Crippen LogP contribution < -0.4 is 10.6 Å². The monoisotopic (exact) mass is 476 g/mol. The molecule has 0 heterocycles. The summed E-state index contributed by atoms with van der Waals surface area (Å²) in [6.07, 6.45) is 4.92. The van der Waals surface area contributed by atoms with Crippen LogP contribution in [-0.2, 0) is 14.3 Å². The SMILES string of the molecule is O=C(NCC1(C(=O)NC2(C(=O)O)CCCC2)CCCC1)OCC1c2ccccc2-c2ccccc21. The number of hydrogen-bond donors (Lipinski definition) is 3. The Labute approximate surface area is 205 Å². The Morgan fingerprint density at radius 1 is 0.857 bits per heavy atom. The average molecular weight is 477 g/mol. The summed E-state index contributed by atoms with van der Waals surface area (Å²) in [7, 11) is 0. The smallest absolute Gasteiger partial charge is 0.407 e. The Bertz CT molecular complexity index is 1090. The largest absolute Gasteiger partial charge is 0.480 e. The van der Waals surface area contributed by atoms with Crippen LogP contribution in [0.4, 0.5) is 4.79 Å². The lowest BCUT2D eigenvalue weighted by Gasteiger charge is -2.33. The molecule has 0 saturated heterocycles. The molecule has 3 aliphatic carbocycles. The molecule has 35 heavy (non-hydrogen) atoms. The van der Waals surface area contributed by atoms with Gasteiger partial charge in [0.25, 0.3) is 0 Å². The van der Waals surface area contributed by atoms with Crippen molar-refractivity contribution in [3.8, 4) is 11.1 Å². The van der Waals surface area contributed by atoms with E-state index in [-0.39, 0.29) is 25.0 Å².